The van der Waals surface area contributed by atoms with Crippen molar-refractivity contribution in [3.63, 3.8) is 0 Å². The van der Waals surface area contributed by atoms with Crippen LogP contribution in [0.4, 0.5) is 10.3 Å². The van der Waals surface area contributed by atoms with Crippen LogP contribution in [0.25, 0.3) is 0 Å². The minimum absolute atomic E-state index is 0.0497. The van der Waals surface area contributed by atoms with Crippen LogP contribution in [-0.4, -0.2) is 13.6 Å². The highest BCUT2D eigenvalue weighted by Gasteiger charge is 2.21. The maximum absolute atomic E-state index is 13.0. The van der Waals surface area contributed by atoms with E-state index in [-0.39, 0.29) is 15.3 Å². The van der Waals surface area contributed by atoms with E-state index in [0.717, 1.165) is 12.1 Å². The van der Waals surface area contributed by atoms with E-state index < -0.39 is 15.8 Å². The second kappa shape index (κ2) is 4.93. The highest BCUT2D eigenvalue weighted by Crippen LogP contribution is 2.26. The average Bonchev–Trinajstić information content (AvgIpc) is 2.60. The van der Waals surface area contributed by atoms with Crippen LogP contribution in [0.5, 0.6) is 0 Å². The van der Waals surface area contributed by atoms with Crippen molar-refractivity contribution in [1.29, 1.82) is 0 Å². The molecule has 0 saturated heterocycles. The van der Waals surface area contributed by atoms with Gasteiger partial charge in [0.25, 0.3) is 10.0 Å². The Hall–Kier alpha value is -1.41. The topological polar surface area (TPSA) is 72.2 Å². The molecule has 0 aliphatic heterocycles. The molecule has 19 heavy (non-hydrogen) atoms. The lowest BCUT2D eigenvalue weighted by atomic mass is 10.3. The summed E-state index contributed by atoms with van der Waals surface area (Å²) in [7, 11) is -3.87. The lowest BCUT2D eigenvalue weighted by Gasteiger charge is -2.07. The number of nitrogens with zero attached hydrogens (tertiary/aromatic N) is 1. The number of aryl methyl sites for hydroxylation is 1. The van der Waals surface area contributed by atoms with E-state index in [1.165, 1.54) is 6.07 Å². The Kier molecular flexibility index (Phi) is 3.64. The van der Waals surface area contributed by atoms with Crippen molar-refractivity contribution in [2.75, 3.05) is 4.72 Å². The van der Waals surface area contributed by atoms with Crippen LogP contribution in [0, 0.1) is 19.7 Å². The molecule has 5 nitrogen and oxygen atoms in total. The highest BCUT2D eigenvalue weighted by atomic mass is 79.9. The van der Waals surface area contributed by atoms with Crippen LogP contribution in [0.15, 0.2) is 32.1 Å². The third-order valence-electron chi connectivity index (χ3n) is 2.57. The number of hydrogen-bond donors (Lipinski definition) is 1. The van der Waals surface area contributed by atoms with Gasteiger partial charge in [0, 0.05) is 10.0 Å². The molecule has 0 bridgehead atoms. The maximum Gasteiger partial charge on any atom is 0.265 e. The Morgan fingerprint density at radius 1 is 1.37 bits per heavy atom. The van der Waals surface area contributed by atoms with E-state index in [0.29, 0.717) is 11.3 Å². The van der Waals surface area contributed by atoms with E-state index in [2.05, 4.69) is 25.8 Å². The SMILES string of the molecule is Cc1noc(NS(=O)(=O)c2ccc(F)cc2Br)c1C. The first-order valence-corrected chi connectivity index (χ1v) is 7.49. The predicted octanol–water partition coefficient (Wildman–Crippen LogP) is 2.99. The van der Waals surface area contributed by atoms with Gasteiger partial charge in [0.2, 0.25) is 5.88 Å². The second-order valence-corrected chi connectivity index (χ2v) is 6.41. The zero-order valence-electron chi connectivity index (χ0n) is 10.1. The molecule has 1 heterocycles. The van der Waals surface area contributed by atoms with Crippen molar-refractivity contribution in [2.45, 2.75) is 18.7 Å². The summed E-state index contributed by atoms with van der Waals surface area (Å²) in [4.78, 5) is -0.0812. The van der Waals surface area contributed by atoms with Gasteiger partial charge in [0.05, 0.1) is 5.69 Å². The monoisotopic (exact) mass is 348 g/mol. The lowest BCUT2D eigenvalue weighted by molar-refractivity contribution is 0.430. The summed E-state index contributed by atoms with van der Waals surface area (Å²) in [5.74, 6) is -0.480. The summed E-state index contributed by atoms with van der Waals surface area (Å²) in [6.07, 6.45) is 0. The Morgan fingerprint density at radius 3 is 2.58 bits per heavy atom. The van der Waals surface area contributed by atoms with Gasteiger partial charge in [-0.15, -0.1) is 0 Å². The van der Waals surface area contributed by atoms with E-state index in [1.807, 2.05) is 0 Å². The molecule has 2 aromatic rings. The fourth-order valence-electron chi connectivity index (χ4n) is 1.38. The standard InChI is InChI=1S/C11H10BrFN2O3S/c1-6-7(2)14-18-11(6)15-19(16,17)10-4-3-8(13)5-9(10)12/h3-5,15H,1-2H3. The van der Waals surface area contributed by atoms with E-state index in [4.69, 9.17) is 4.52 Å². The first kappa shape index (κ1) is 14.0. The van der Waals surface area contributed by atoms with E-state index in [9.17, 15) is 12.8 Å². The van der Waals surface area contributed by atoms with Crippen molar-refractivity contribution < 1.29 is 17.3 Å². The Labute approximate surface area is 118 Å². The van der Waals surface area contributed by atoms with Crippen molar-refractivity contribution >= 4 is 31.8 Å². The molecule has 0 aliphatic carbocycles. The number of aromatic nitrogens is 1. The van der Waals surface area contributed by atoms with Crippen LogP contribution in [0.1, 0.15) is 11.3 Å². The van der Waals surface area contributed by atoms with Crippen molar-refractivity contribution in [3.8, 4) is 0 Å². The highest BCUT2D eigenvalue weighted by molar-refractivity contribution is 9.10. The number of sulfonamides is 1. The maximum atomic E-state index is 13.0. The predicted molar refractivity (Wildman–Crippen MR) is 70.9 cm³/mol. The molecule has 102 valence electrons. The largest absolute Gasteiger partial charge is 0.337 e. The van der Waals surface area contributed by atoms with Crippen LogP contribution < -0.4 is 4.72 Å². The molecule has 1 N–H and O–H groups in total. The Bertz CT molecular complexity index is 728. The van der Waals surface area contributed by atoms with Gasteiger partial charge >= 0.3 is 0 Å². The summed E-state index contributed by atoms with van der Waals surface area (Å²) >= 11 is 3.01. The fourth-order valence-corrected chi connectivity index (χ4v) is 3.48. The molecule has 0 saturated carbocycles. The van der Waals surface area contributed by atoms with Crippen molar-refractivity contribution in [1.82, 2.24) is 5.16 Å². The molecule has 8 heteroatoms. The van der Waals surface area contributed by atoms with Crippen LogP contribution in [0.3, 0.4) is 0 Å². The third kappa shape index (κ3) is 2.79. The molecule has 0 atom stereocenters. The number of benzene rings is 1. The molecule has 0 aliphatic rings. The third-order valence-corrected chi connectivity index (χ3v) is 4.88. The molecule has 1 aromatic carbocycles. The van der Waals surface area contributed by atoms with Gasteiger partial charge in [0.15, 0.2) is 0 Å². The Morgan fingerprint density at radius 2 is 2.05 bits per heavy atom. The summed E-state index contributed by atoms with van der Waals surface area (Å²) in [5, 5.41) is 3.66. The lowest BCUT2D eigenvalue weighted by Crippen LogP contribution is -2.13. The number of anilines is 1. The van der Waals surface area contributed by atoms with Gasteiger partial charge in [-0.25, -0.2) is 17.5 Å². The minimum Gasteiger partial charge on any atom is -0.337 e. The summed E-state index contributed by atoms with van der Waals surface area (Å²) in [6, 6.07) is 3.31. The first-order valence-electron chi connectivity index (χ1n) is 5.22. The molecule has 0 fully saturated rings. The summed E-state index contributed by atoms with van der Waals surface area (Å²) < 4.78 is 44.5. The molecule has 0 amide bonds. The van der Waals surface area contributed by atoms with E-state index in [1.54, 1.807) is 13.8 Å². The van der Waals surface area contributed by atoms with Crippen molar-refractivity contribution in [2.24, 2.45) is 0 Å². The number of hydrogen-bond acceptors (Lipinski definition) is 4. The molecular formula is C11H10BrFN2O3S. The summed E-state index contributed by atoms with van der Waals surface area (Å²) in [6.45, 7) is 3.38. The molecule has 0 radical (unpaired) electrons. The average molecular weight is 349 g/mol. The first-order chi connectivity index (χ1) is 8.81. The van der Waals surface area contributed by atoms with Crippen molar-refractivity contribution in [3.05, 3.63) is 39.7 Å². The fraction of sp³-hybridized carbons (Fsp3) is 0.182. The normalized spacial score (nSPS) is 11.6. The van der Waals surface area contributed by atoms with Crippen LogP contribution in [-0.2, 0) is 10.0 Å². The Balaban J connectivity index is 2.41. The van der Waals surface area contributed by atoms with E-state index >= 15 is 0 Å². The zero-order valence-corrected chi connectivity index (χ0v) is 12.5. The van der Waals surface area contributed by atoms with Gasteiger partial charge in [-0.1, -0.05) is 5.16 Å². The van der Waals surface area contributed by atoms with Gasteiger partial charge in [-0.05, 0) is 48.0 Å². The van der Waals surface area contributed by atoms with Gasteiger partial charge < -0.3 is 4.52 Å². The minimum atomic E-state index is -3.87. The molecule has 1 aromatic heterocycles. The van der Waals surface area contributed by atoms with Crippen LogP contribution >= 0.6 is 15.9 Å². The smallest absolute Gasteiger partial charge is 0.265 e. The van der Waals surface area contributed by atoms with Gasteiger partial charge in [-0.3, -0.25) is 0 Å². The summed E-state index contributed by atoms with van der Waals surface area (Å²) in [5.41, 5.74) is 1.19. The number of rotatable bonds is 3. The van der Waals surface area contributed by atoms with Gasteiger partial charge in [-0.2, -0.15) is 0 Å². The second-order valence-electron chi connectivity index (χ2n) is 3.90. The molecule has 0 spiro atoms. The number of nitrogens with one attached hydrogen (secondary N) is 1. The van der Waals surface area contributed by atoms with Crippen LogP contribution in [0.2, 0.25) is 0 Å². The molecule has 2 rings (SSSR count). The zero-order chi connectivity index (χ0) is 14.2. The van der Waals surface area contributed by atoms with Gasteiger partial charge in [0.1, 0.15) is 10.7 Å². The quantitative estimate of drug-likeness (QED) is 0.925. The molecular weight excluding hydrogens is 339 g/mol. The molecule has 0 unspecified atom stereocenters. The number of halogens is 2.